The molecule has 0 aliphatic carbocycles. The van der Waals surface area contributed by atoms with E-state index in [2.05, 4.69) is 0 Å². The van der Waals surface area contributed by atoms with E-state index in [9.17, 15) is 9.59 Å². The summed E-state index contributed by atoms with van der Waals surface area (Å²) in [5, 5.41) is 0. The summed E-state index contributed by atoms with van der Waals surface area (Å²) >= 11 is 1.34. The Morgan fingerprint density at radius 1 is 0.839 bits per heavy atom. The van der Waals surface area contributed by atoms with E-state index in [0.717, 1.165) is 27.1 Å². The number of carbonyl (C=O) groups excluding carboxylic acids is 2. The molecule has 0 aromatic heterocycles. The molecule has 2 amide bonds. The lowest BCUT2D eigenvalue weighted by atomic mass is 10.0. The first-order valence-corrected chi connectivity index (χ1v) is 10.8. The molecule has 0 N–H and O–H groups in total. The first kappa shape index (κ1) is 20.9. The summed E-state index contributed by atoms with van der Waals surface area (Å²) in [7, 11) is 1.59. The van der Waals surface area contributed by atoms with Gasteiger partial charge in [0.25, 0.3) is 11.8 Å². The number of hydrogen-bond acceptors (Lipinski definition) is 4. The third-order valence-corrected chi connectivity index (χ3v) is 6.50. The van der Waals surface area contributed by atoms with E-state index in [1.165, 1.54) is 16.7 Å². The second-order valence-corrected chi connectivity index (χ2v) is 8.51. The molecular formula is C26H23NO3S. The van der Waals surface area contributed by atoms with Crippen LogP contribution in [0.2, 0.25) is 0 Å². The van der Waals surface area contributed by atoms with Gasteiger partial charge in [-0.05, 0) is 48.7 Å². The predicted molar refractivity (Wildman–Crippen MR) is 124 cm³/mol. The van der Waals surface area contributed by atoms with Gasteiger partial charge in [-0.2, -0.15) is 0 Å². The summed E-state index contributed by atoms with van der Waals surface area (Å²) in [4.78, 5) is 29.6. The molecule has 0 unspecified atom stereocenters. The van der Waals surface area contributed by atoms with Gasteiger partial charge in [-0.15, -0.1) is 0 Å². The number of benzene rings is 3. The number of hydrogen-bond donors (Lipinski definition) is 0. The molecule has 4 nitrogen and oxygen atoms in total. The van der Waals surface area contributed by atoms with Gasteiger partial charge in [0.2, 0.25) is 0 Å². The van der Waals surface area contributed by atoms with Gasteiger partial charge in [-0.3, -0.25) is 14.5 Å². The van der Waals surface area contributed by atoms with E-state index in [1.807, 2.05) is 86.6 Å². The van der Waals surface area contributed by atoms with Gasteiger partial charge >= 0.3 is 0 Å². The molecule has 3 aromatic carbocycles. The standard InChI is InChI=1S/C26H23NO3S/c1-17-13-14-19(15-18(17)2)23-24(31-21-10-5-4-6-11-21)26(29)27(25(23)28)16-20-9-7-8-12-22(20)30-3/h4-15H,16H2,1-3H3. The fourth-order valence-corrected chi connectivity index (χ4v) is 4.59. The quantitative estimate of drug-likeness (QED) is 0.493. The van der Waals surface area contributed by atoms with Crippen LogP contribution in [0, 0.1) is 13.8 Å². The topological polar surface area (TPSA) is 46.6 Å². The highest BCUT2D eigenvalue weighted by Gasteiger charge is 2.39. The van der Waals surface area contributed by atoms with Crippen LogP contribution in [0.15, 0.2) is 82.6 Å². The van der Waals surface area contributed by atoms with Crippen LogP contribution in [0.3, 0.4) is 0 Å². The van der Waals surface area contributed by atoms with Crippen molar-refractivity contribution in [3.8, 4) is 5.75 Å². The van der Waals surface area contributed by atoms with Crippen LogP contribution in [0.25, 0.3) is 5.57 Å². The van der Waals surface area contributed by atoms with E-state index in [0.29, 0.717) is 16.2 Å². The van der Waals surface area contributed by atoms with Crippen LogP contribution in [0.4, 0.5) is 0 Å². The van der Waals surface area contributed by atoms with Crippen molar-refractivity contribution >= 4 is 29.1 Å². The number of ether oxygens (including phenoxy) is 1. The number of aryl methyl sites for hydroxylation is 2. The molecule has 31 heavy (non-hydrogen) atoms. The van der Waals surface area contributed by atoms with Gasteiger partial charge < -0.3 is 4.74 Å². The molecule has 0 saturated heterocycles. The maximum atomic E-state index is 13.5. The van der Waals surface area contributed by atoms with Gasteiger partial charge in [-0.25, -0.2) is 0 Å². The Bertz CT molecular complexity index is 1180. The summed E-state index contributed by atoms with van der Waals surface area (Å²) in [6.07, 6.45) is 0. The Labute approximate surface area is 186 Å². The average Bonchev–Trinajstić information content (AvgIpc) is 3.01. The van der Waals surface area contributed by atoms with Crippen LogP contribution >= 0.6 is 11.8 Å². The third-order valence-electron chi connectivity index (χ3n) is 5.41. The molecule has 0 saturated carbocycles. The fraction of sp³-hybridized carbons (Fsp3) is 0.154. The van der Waals surface area contributed by atoms with E-state index in [4.69, 9.17) is 4.74 Å². The first-order chi connectivity index (χ1) is 15.0. The van der Waals surface area contributed by atoms with Crippen LogP contribution in [0.5, 0.6) is 5.75 Å². The zero-order valence-corrected chi connectivity index (χ0v) is 18.5. The maximum Gasteiger partial charge on any atom is 0.268 e. The van der Waals surface area contributed by atoms with Crippen LogP contribution in [-0.4, -0.2) is 23.8 Å². The molecule has 0 atom stereocenters. The van der Waals surface area contributed by atoms with Gasteiger partial charge in [-0.1, -0.05) is 66.4 Å². The van der Waals surface area contributed by atoms with Crippen molar-refractivity contribution in [2.75, 3.05) is 7.11 Å². The first-order valence-electron chi connectivity index (χ1n) is 10.0. The normalized spacial score (nSPS) is 13.8. The summed E-state index contributed by atoms with van der Waals surface area (Å²) in [5.74, 6) is 0.0931. The Morgan fingerprint density at radius 3 is 2.26 bits per heavy atom. The molecule has 0 radical (unpaired) electrons. The Morgan fingerprint density at radius 2 is 1.55 bits per heavy atom. The third kappa shape index (κ3) is 4.14. The molecule has 4 rings (SSSR count). The smallest absolute Gasteiger partial charge is 0.268 e. The van der Waals surface area contributed by atoms with E-state index >= 15 is 0 Å². The summed E-state index contributed by atoms with van der Waals surface area (Å²) in [6, 6.07) is 23.0. The Balaban J connectivity index is 1.77. The lowest BCUT2D eigenvalue weighted by Gasteiger charge is -2.17. The molecule has 5 heteroatoms. The van der Waals surface area contributed by atoms with Gasteiger partial charge in [0.15, 0.2) is 0 Å². The summed E-state index contributed by atoms with van der Waals surface area (Å²) < 4.78 is 5.42. The second kappa shape index (κ2) is 8.82. The minimum absolute atomic E-state index is 0.162. The highest BCUT2D eigenvalue weighted by molar-refractivity contribution is 8.04. The van der Waals surface area contributed by atoms with E-state index < -0.39 is 0 Å². The monoisotopic (exact) mass is 429 g/mol. The largest absolute Gasteiger partial charge is 0.496 e. The van der Waals surface area contributed by atoms with Crippen LogP contribution < -0.4 is 4.74 Å². The minimum Gasteiger partial charge on any atom is -0.496 e. The Kier molecular flexibility index (Phi) is 5.96. The number of amides is 2. The molecule has 1 aliphatic rings. The lowest BCUT2D eigenvalue weighted by Crippen LogP contribution is -2.31. The maximum absolute atomic E-state index is 13.5. The van der Waals surface area contributed by atoms with Crippen molar-refractivity contribution in [1.29, 1.82) is 0 Å². The molecular weight excluding hydrogens is 406 g/mol. The molecule has 0 fully saturated rings. The van der Waals surface area contributed by atoms with Gasteiger partial charge in [0, 0.05) is 10.5 Å². The van der Waals surface area contributed by atoms with Gasteiger partial charge in [0.1, 0.15) is 5.75 Å². The summed E-state index contributed by atoms with van der Waals surface area (Å²) in [6.45, 7) is 4.20. The molecule has 3 aromatic rings. The van der Waals surface area contributed by atoms with Crippen molar-refractivity contribution in [2.45, 2.75) is 25.3 Å². The van der Waals surface area contributed by atoms with Gasteiger partial charge in [0.05, 0.1) is 24.1 Å². The molecule has 156 valence electrons. The zero-order valence-electron chi connectivity index (χ0n) is 17.7. The highest BCUT2D eigenvalue weighted by Crippen LogP contribution is 2.40. The van der Waals surface area contributed by atoms with Crippen LogP contribution in [0.1, 0.15) is 22.3 Å². The number of nitrogens with zero attached hydrogens (tertiary/aromatic N) is 1. The average molecular weight is 430 g/mol. The van der Waals surface area contributed by atoms with E-state index in [-0.39, 0.29) is 18.4 Å². The van der Waals surface area contributed by atoms with Crippen molar-refractivity contribution in [1.82, 2.24) is 4.90 Å². The Hall–Kier alpha value is -3.31. The number of rotatable bonds is 6. The lowest BCUT2D eigenvalue weighted by molar-refractivity contribution is -0.137. The number of methoxy groups -OCH3 is 1. The minimum atomic E-state index is -0.280. The molecule has 1 aliphatic heterocycles. The van der Waals surface area contributed by atoms with E-state index in [1.54, 1.807) is 7.11 Å². The number of para-hydroxylation sites is 1. The number of imide groups is 1. The fourth-order valence-electron chi connectivity index (χ4n) is 3.55. The summed E-state index contributed by atoms with van der Waals surface area (Å²) in [5.41, 5.74) is 4.23. The molecule has 0 spiro atoms. The molecule has 0 bridgehead atoms. The second-order valence-electron chi connectivity index (χ2n) is 7.43. The highest BCUT2D eigenvalue weighted by atomic mass is 32.2. The number of carbonyl (C=O) groups is 2. The van der Waals surface area contributed by atoms with Crippen molar-refractivity contribution < 1.29 is 14.3 Å². The number of thioether (sulfide) groups is 1. The van der Waals surface area contributed by atoms with Crippen molar-refractivity contribution in [2.24, 2.45) is 0 Å². The molecule has 1 heterocycles. The van der Waals surface area contributed by atoms with Crippen molar-refractivity contribution in [3.63, 3.8) is 0 Å². The zero-order chi connectivity index (χ0) is 22.0. The van der Waals surface area contributed by atoms with Crippen molar-refractivity contribution in [3.05, 3.63) is 100.0 Å². The predicted octanol–water partition coefficient (Wildman–Crippen LogP) is 5.38. The van der Waals surface area contributed by atoms with Crippen LogP contribution in [-0.2, 0) is 16.1 Å². The SMILES string of the molecule is COc1ccccc1CN1C(=O)C(Sc2ccccc2)=C(c2ccc(C)c(C)c2)C1=O.